The lowest BCUT2D eigenvalue weighted by Crippen LogP contribution is -2.43. The van der Waals surface area contributed by atoms with Crippen molar-refractivity contribution in [1.82, 2.24) is 0 Å². The molecule has 0 fully saturated rings. The molecule has 0 aliphatic rings. The summed E-state index contributed by atoms with van der Waals surface area (Å²) < 4.78 is 4.93. The Kier molecular flexibility index (Phi) is 11.3. The summed E-state index contributed by atoms with van der Waals surface area (Å²) in [4.78, 5) is 11.2. The maximum atomic E-state index is 11.2. The van der Waals surface area contributed by atoms with Crippen LogP contribution in [0, 0.1) is 11.5 Å². The number of esters is 1. The molecule has 0 aromatic rings. The van der Waals surface area contributed by atoms with Gasteiger partial charge in [-0.25, -0.2) is 0 Å². The van der Waals surface area contributed by atoms with Gasteiger partial charge < -0.3 is 4.74 Å². The van der Waals surface area contributed by atoms with Crippen LogP contribution in [0.1, 0.15) is 87.0 Å². The largest absolute Gasteiger partial charge is 0.466 e. The van der Waals surface area contributed by atoms with Crippen molar-refractivity contribution in [1.29, 1.82) is 0 Å². The molecule has 3 heteroatoms. The first-order valence-corrected chi connectivity index (χ1v) is 11.7. The number of hydrogen-bond acceptors (Lipinski definition) is 2. The normalized spacial score (nSPS) is 11.7. The molecule has 134 valence electrons. The molecule has 0 aromatic heterocycles. The predicted octanol–water partition coefficient (Wildman–Crippen LogP) is 6.11. The molecule has 0 saturated carbocycles. The first-order chi connectivity index (χ1) is 10.8. The van der Waals surface area contributed by atoms with E-state index < -0.39 is 8.07 Å². The van der Waals surface area contributed by atoms with Crippen molar-refractivity contribution in [2.75, 3.05) is 6.61 Å². The third-order valence-electron chi connectivity index (χ3n) is 4.91. The minimum atomic E-state index is -1.55. The molecule has 0 spiro atoms. The summed E-state index contributed by atoms with van der Waals surface area (Å²) in [6.07, 6.45) is 5.91. The summed E-state index contributed by atoms with van der Waals surface area (Å²) in [7, 11) is -1.55. The van der Waals surface area contributed by atoms with Gasteiger partial charge in [-0.05, 0) is 36.4 Å². The van der Waals surface area contributed by atoms with Crippen molar-refractivity contribution in [2.45, 2.75) is 104 Å². The molecule has 0 aromatic carbocycles. The van der Waals surface area contributed by atoms with Gasteiger partial charge in [-0.15, -0.1) is 11.5 Å². The molecule has 0 aliphatic carbocycles. The highest BCUT2D eigenvalue weighted by molar-refractivity contribution is 6.90. The van der Waals surface area contributed by atoms with E-state index in [9.17, 15) is 4.79 Å². The molecule has 0 atom stereocenters. The Bertz CT molecular complexity index is 366. The van der Waals surface area contributed by atoms with Gasteiger partial charge in [0.2, 0.25) is 0 Å². The lowest BCUT2D eigenvalue weighted by atomic mass is 10.1. The summed E-state index contributed by atoms with van der Waals surface area (Å²) in [5.74, 6) is 3.45. The Labute approximate surface area is 145 Å². The van der Waals surface area contributed by atoms with Crippen LogP contribution in [0.5, 0.6) is 0 Å². The topological polar surface area (TPSA) is 26.3 Å². The number of rotatable bonds is 10. The molecule has 0 radical (unpaired) electrons. The maximum Gasteiger partial charge on any atom is 0.305 e. The smallest absolute Gasteiger partial charge is 0.305 e. The van der Waals surface area contributed by atoms with E-state index in [4.69, 9.17) is 4.74 Å². The lowest BCUT2D eigenvalue weighted by Gasteiger charge is -2.38. The molecular weight excluding hydrogens is 300 g/mol. The SMILES string of the molecule is CCOC(=O)CCCCCCC#C[Si](C(C)C)(C(C)C)C(C)C. The monoisotopic (exact) mass is 338 g/mol. The van der Waals surface area contributed by atoms with E-state index in [0.29, 0.717) is 29.7 Å². The van der Waals surface area contributed by atoms with Gasteiger partial charge in [0.25, 0.3) is 0 Å². The predicted molar refractivity (Wildman–Crippen MR) is 103 cm³/mol. The second-order valence-electron chi connectivity index (χ2n) is 7.42. The van der Waals surface area contributed by atoms with E-state index in [-0.39, 0.29) is 5.97 Å². The molecule has 0 aliphatic heterocycles. The average Bonchev–Trinajstić information content (AvgIpc) is 2.44. The second kappa shape index (κ2) is 11.7. The molecule has 0 rings (SSSR count). The van der Waals surface area contributed by atoms with Gasteiger partial charge >= 0.3 is 5.97 Å². The van der Waals surface area contributed by atoms with Gasteiger partial charge in [0.15, 0.2) is 0 Å². The Balaban J connectivity index is 4.21. The number of ether oxygens (including phenoxy) is 1. The van der Waals surface area contributed by atoms with Crippen molar-refractivity contribution in [2.24, 2.45) is 0 Å². The van der Waals surface area contributed by atoms with E-state index in [1.54, 1.807) is 0 Å². The zero-order chi connectivity index (χ0) is 17.9. The van der Waals surface area contributed by atoms with Crippen LogP contribution in [0.2, 0.25) is 16.6 Å². The van der Waals surface area contributed by atoms with Crippen LogP contribution in [-0.4, -0.2) is 20.7 Å². The van der Waals surface area contributed by atoms with E-state index in [1.807, 2.05) is 6.92 Å². The summed E-state index contributed by atoms with van der Waals surface area (Å²) in [5.41, 5.74) is 5.90. The van der Waals surface area contributed by atoms with Gasteiger partial charge in [-0.1, -0.05) is 54.4 Å². The third-order valence-corrected chi connectivity index (χ3v) is 11.3. The van der Waals surface area contributed by atoms with Crippen LogP contribution >= 0.6 is 0 Å². The van der Waals surface area contributed by atoms with Crippen molar-refractivity contribution < 1.29 is 9.53 Å². The van der Waals surface area contributed by atoms with Crippen molar-refractivity contribution in [3.05, 3.63) is 0 Å². The summed E-state index contributed by atoms with van der Waals surface area (Å²) >= 11 is 0. The van der Waals surface area contributed by atoms with Gasteiger partial charge in [-0.2, -0.15) is 0 Å². The Morgan fingerprint density at radius 2 is 1.43 bits per heavy atom. The highest BCUT2D eigenvalue weighted by Gasteiger charge is 2.41. The van der Waals surface area contributed by atoms with Gasteiger partial charge in [0.1, 0.15) is 8.07 Å². The Morgan fingerprint density at radius 3 is 1.91 bits per heavy atom. The third kappa shape index (κ3) is 7.57. The molecule has 0 bridgehead atoms. The lowest BCUT2D eigenvalue weighted by molar-refractivity contribution is -0.143. The molecule has 0 unspecified atom stereocenters. The molecule has 0 saturated heterocycles. The fraction of sp³-hybridized carbons (Fsp3) is 0.850. The molecule has 0 N–H and O–H groups in total. The fourth-order valence-corrected chi connectivity index (χ4v) is 9.02. The summed E-state index contributed by atoms with van der Waals surface area (Å²) in [6.45, 7) is 16.5. The fourth-order valence-electron chi connectivity index (χ4n) is 3.72. The minimum absolute atomic E-state index is 0.0612. The first-order valence-electron chi connectivity index (χ1n) is 9.44. The van der Waals surface area contributed by atoms with E-state index in [2.05, 4.69) is 53.0 Å². The second-order valence-corrected chi connectivity index (χ2v) is 13.0. The molecule has 0 amide bonds. The Hall–Kier alpha value is -0.753. The molecular formula is C20H38O2Si. The highest BCUT2D eigenvalue weighted by atomic mass is 28.3. The highest BCUT2D eigenvalue weighted by Crippen LogP contribution is 2.40. The summed E-state index contributed by atoms with van der Waals surface area (Å²) in [5, 5.41) is 0. The maximum absolute atomic E-state index is 11.2. The summed E-state index contributed by atoms with van der Waals surface area (Å²) in [6, 6.07) is 0. The van der Waals surface area contributed by atoms with Crippen molar-refractivity contribution in [3.8, 4) is 11.5 Å². The average molecular weight is 339 g/mol. The van der Waals surface area contributed by atoms with Crippen LogP contribution in [0.4, 0.5) is 0 Å². The molecule has 2 nitrogen and oxygen atoms in total. The van der Waals surface area contributed by atoms with Crippen LogP contribution in [-0.2, 0) is 9.53 Å². The van der Waals surface area contributed by atoms with Gasteiger partial charge in [-0.3, -0.25) is 4.79 Å². The zero-order valence-corrected chi connectivity index (χ0v) is 17.5. The first kappa shape index (κ1) is 22.2. The Morgan fingerprint density at radius 1 is 0.913 bits per heavy atom. The number of carbonyl (C=O) groups is 1. The quantitative estimate of drug-likeness (QED) is 0.208. The molecule has 0 heterocycles. The molecule has 23 heavy (non-hydrogen) atoms. The van der Waals surface area contributed by atoms with Crippen molar-refractivity contribution >= 4 is 14.0 Å². The van der Waals surface area contributed by atoms with Crippen LogP contribution in [0.25, 0.3) is 0 Å². The van der Waals surface area contributed by atoms with Crippen molar-refractivity contribution in [3.63, 3.8) is 0 Å². The number of carbonyl (C=O) groups excluding carboxylic acids is 1. The van der Waals surface area contributed by atoms with E-state index >= 15 is 0 Å². The zero-order valence-electron chi connectivity index (χ0n) is 16.5. The van der Waals surface area contributed by atoms with Crippen LogP contribution in [0.3, 0.4) is 0 Å². The van der Waals surface area contributed by atoms with E-state index in [1.165, 1.54) is 0 Å². The van der Waals surface area contributed by atoms with Gasteiger partial charge in [0, 0.05) is 12.8 Å². The van der Waals surface area contributed by atoms with Gasteiger partial charge in [0.05, 0.1) is 6.61 Å². The van der Waals surface area contributed by atoms with Crippen LogP contribution in [0.15, 0.2) is 0 Å². The number of hydrogen-bond donors (Lipinski definition) is 0. The standard InChI is InChI=1S/C20H38O2Si/c1-8-22-20(21)15-13-11-9-10-12-14-16-23(17(2)3,18(4)5)19(6)7/h17-19H,8-13,15H2,1-7H3. The number of unbranched alkanes of at least 4 members (excludes halogenated alkanes) is 4. The van der Waals surface area contributed by atoms with E-state index in [0.717, 1.165) is 32.1 Å². The van der Waals surface area contributed by atoms with Crippen LogP contribution < -0.4 is 0 Å². The minimum Gasteiger partial charge on any atom is -0.466 e.